The van der Waals surface area contributed by atoms with E-state index in [2.05, 4.69) is 30.6 Å². The largest absolute Gasteiger partial charge is 0.501 e. The van der Waals surface area contributed by atoms with Gasteiger partial charge in [-0.05, 0) is 12.2 Å². The van der Waals surface area contributed by atoms with Crippen molar-refractivity contribution in [3.05, 3.63) is 34.7 Å². The molecular weight excluding hydrogens is 194 g/mol. The molecule has 0 unspecified atom stereocenters. The summed E-state index contributed by atoms with van der Waals surface area (Å²) in [6.07, 6.45) is 4.78. The fraction of sp³-hybridized carbons (Fsp3) is 0. The number of carbonyl (C=O) groups excluding carboxylic acids is 1. The average molecular weight is 201 g/mol. The Kier molecular flexibility index (Phi) is 2.88. The number of aliphatic hydroxyl groups is 1. The van der Waals surface area contributed by atoms with Gasteiger partial charge in [0.15, 0.2) is 5.09 Å². The summed E-state index contributed by atoms with van der Waals surface area (Å²) in [7, 11) is 0. The van der Waals surface area contributed by atoms with E-state index in [1.165, 1.54) is 0 Å². The number of nitrogens with one attached hydrogen (secondary N) is 1. The summed E-state index contributed by atoms with van der Waals surface area (Å²) in [6, 6.07) is 0. The van der Waals surface area contributed by atoms with E-state index in [-0.39, 0.29) is 10.8 Å². The van der Waals surface area contributed by atoms with Gasteiger partial charge >= 0.3 is 0 Å². The molecule has 0 saturated carbocycles. The van der Waals surface area contributed by atoms with Gasteiger partial charge in [0.1, 0.15) is 0 Å². The van der Waals surface area contributed by atoms with Crippen molar-refractivity contribution in [1.29, 1.82) is 0 Å². The number of hydrogen-bond acceptors (Lipinski definition) is 4. The van der Waals surface area contributed by atoms with Gasteiger partial charge in [0.2, 0.25) is 5.12 Å². The van der Waals surface area contributed by atoms with E-state index in [0.29, 0.717) is 5.57 Å². The van der Waals surface area contributed by atoms with Crippen molar-refractivity contribution >= 4 is 30.4 Å². The molecule has 3 nitrogen and oxygen atoms in total. The van der Waals surface area contributed by atoms with Gasteiger partial charge in [-0.2, -0.15) is 0 Å². The highest BCUT2D eigenvalue weighted by Gasteiger charge is 2.14. The molecule has 5 heteroatoms. The standard InChI is InChI=1S/C7H7NO2S2/c9-6(11)4-2-1-3-8-5(4)7(10)12/h1-3,8,10,12H,(H,9,11). The zero-order chi connectivity index (χ0) is 9.14. The van der Waals surface area contributed by atoms with E-state index in [4.69, 9.17) is 5.11 Å². The lowest BCUT2D eigenvalue weighted by Gasteiger charge is -2.11. The Morgan fingerprint density at radius 1 is 1.50 bits per heavy atom. The van der Waals surface area contributed by atoms with Crippen LogP contribution >= 0.6 is 25.3 Å². The van der Waals surface area contributed by atoms with Crippen LogP contribution < -0.4 is 5.32 Å². The van der Waals surface area contributed by atoms with E-state index < -0.39 is 5.12 Å². The van der Waals surface area contributed by atoms with Gasteiger partial charge in [0.25, 0.3) is 0 Å². The molecule has 1 aliphatic heterocycles. The fourth-order valence-electron chi connectivity index (χ4n) is 0.800. The number of hydrogen-bond donors (Lipinski definition) is 4. The number of rotatable bonds is 1. The van der Waals surface area contributed by atoms with Crippen molar-refractivity contribution in [2.75, 3.05) is 0 Å². The first-order valence-electron chi connectivity index (χ1n) is 3.12. The minimum atomic E-state index is -0.414. The van der Waals surface area contributed by atoms with Crippen LogP contribution in [-0.4, -0.2) is 10.2 Å². The van der Waals surface area contributed by atoms with Crippen LogP contribution in [0.25, 0.3) is 0 Å². The third-order valence-corrected chi connectivity index (χ3v) is 1.77. The number of allylic oxidation sites excluding steroid dienone is 3. The Bertz CT molecular complexity index is 301. The summed E-state index contributed by atoms with van der Waals surface area (Å²) in [6.45, 7) is 0. The third-order valence-electron chi connectivity index (χ3n) is 1.31. The van der Waals surface area contributed by atoms with Gasteiger partial charge in [-0.3, -0.25) is 4.79 Å². The highest BCUT2D eigenvalue weighted by atomic mass is 32.1. The molecule has 0 aromatic rings. The van der Waals surface area contributed by atoms with Crippen LogP contribution in [0.3, 0.4) is 0 Å². The zero-order valence-electron chi connectivity index (χ0n) is 5.98. The van der Waals surface area contributed by atoms with E-state index in [9.17, 15) is 4.79 Å². The minimum absolute atomic E-state index is 0.229. The lowest BCUT2D eigenvalue weighted by molar-refractivity contribution is -0.107. The molecule has 0 atom stereocenters. The van der Waals surface area contributed by atoms with Crippen LogP contribution in [0.5, 0.6) is 0 Å². The molecule has 0 spiro atoms. The van der Waals surface area contributed by atoms with Crippen molar-refractivity contribution in [2.45, 2.75) is 0 Å². The molecular formula is C7H7NO2S2. The molecule has 1 heterocycles. The Hall–Kier alpha value is -0.810. The summed E-state index contributed by atoms with van der Waals surface area (Å²) in [5.74, 6) is 0. The van der Waals surface area contributed by atoms with Crippen molar-refractivity contribution < 1.29 is 9.90 Å². The van der Waals surface area contributed by atoms with Gasteiger partial charge < -0.3 is 10.4 Å². The van der Waals surface area contributed by atoms with Gasteiger partial charge in [-0.15, -0.1) is 25.3 Å². The lowest BCUT2D eigenvalue weighted by Crippen LogP contribution is -2.15. The Morgan fingerprint density at radius 3 is 2.58 bits per heavy atom. The maximum atomic E-state index is 10.9. The van der Waals surface area contributed by atoms with Gasteiger partial charge in [0.05, 0.1) is 11.3 Å². The molecule has 1 aliphatic rings. The molecule has 0 amide bonds. The van der Waals surface area contributed by atoms with Crippen molar-refractivity contribution in [1.82, 2.24) is 5.32 Å². The lowest BCUT2D eigenvalue weighted by atomic mass is 10.1. The number of aliphatic hydroxyl groups excluding tert-OH is 1. The smallest absolute Gasteiger partial charge is 0.218 e. The van der Waals surface area contributed by atoms with E-state index in [1.54, 1.807) is 18.4 Å². The van der Waals surface area contributed by atoms with Gasteiger partial charge in [-0.1, -0.05) is 0 Å². The fourth-order valence-corrected chi connectivity index (χ4v) is 1.17. The molecule has 0 aromatic heterocycles. The molecule has 0 saturated heterocycles. The summed E-state index contributed by atoms with van der Waals surface area (Å²) >= 11 is 7.34. The van der Waals surface area contributed by atoms with Crippen LogP contribution in [0, 0.1) is 0 Å². The maximum absolute atomic E-state index is 10.9. The predicted molar refractivity (Wildman–Crippen MR) is 53.0 cm³/mol. The predicted octanol–water partition coefficient (Wildman–Crippen LogP) is 1.14. The molecule has 0 radical (unpaired) electrons. The molecule has 0 aromatic carbocycles. The van der Waals surface area contributed by atoms with Crippen LogP contribution in [0.2, 0.25) is 0 Å². The first kappa shape index (κ1) is 9.28. The summed E-state index contributed by atoms with van der Waals surface area (Å²) in [5, 5.41) is 11.1. The van der Waals surface area contributed by atoms with Crippen molar-refractivity contribution in [3.63, 3.8) is 0 Å². The molecule has 2 N–H and O–H groups in total. The number of dihydropyridines is 1. The quantitative estimate of drug-likeness (QED) is 0.380. The Labute approximate surface area is 80.7 Å². The van der Waals surface area contributed by atoms with E-state index in [1.807, 2.05) is 0 Å². The molecule has 0 fully saturated rings. The number of thiol groups is 2. The molecule has 0 bridgehead atoms. The molecule has 12 heavy (non-hydrogen) atoms. The second kappa shape index (κ2) is 3.73. The van der Waals surface area contributed by atoms with Crippen LogP contribution in [0.4, 0.5) is 0 Å². The van der Waals surface area contributed by atoms with Crippen LogP contribution in [0.15, 0.2) is 34.7 Å². The Balaban J connectivity index is 3.09. The molecule has 0 aliphatic carbocycles. The summed E-state index contributed by atoms with van der Waals surface area (Å²) < 4.78 is 0. The van der Waals surface area contributed by atoms with Crippen molar-refractivity contribution in [2.24, 2.45) is 0 Å². The molecule has 64 valence electrons. The minimum Gasteiger partial charge on any atom is -0.501 e. The van der Waals surface area contributed by atoms with Crippen LogP contribution in [0.1, 0.15) is 0 Å². The monoisotopic (exact) mass is 201 g/mol. The zero-order valence-corrected chi connectivity index (χ0v) is 7.77. The first-order chi connectivity index (χ1) is 5.63. The maximum Gasteiger partial charge on any atom is 0.218 e. The van der Waals surface area contributed by atoms with Gasteiger partial charge in [0, 0.05) is 6.20 Å². The summed E-state index contributed by atoms with van der Waals surface area (Å²) in [4.78, 5) is 10.9. The number of carbonyl (C=O) groups is 1. The van der Waals surface area contributed by atoms with Crippen LogP contribution in [-0.2, 0) is 4.79 Å². The first-order valence-corrected chi connectivity index (χ1v) is 4.01. The second-order valence-corrected chi connectivity index (χ2v) is 2.92. The highest BCUT2D eigenvalue weighted by Crippen LogP contribution is 2.18. The summed E-state index contributed by atoms with van der Waals surface area (Å²) in [5.41, 5.74) is 0.578. The van der Waals surface area contributed by atoms with E-state index in [0.717, 1.165) is 0 Å². The SMILES string of the molecule is O=C(S)C1=CC=CNC1=C(O)S. The third kappa shape index (κ3) is 1.86. The topological polar surface area (TPSA) is 49.3 Å². The van der Waals surface area contributed by atoms with Gasteiger partial charge in [-0.25, -0.2) is 0 Å². The normalized spacial score (nSPS) is 19.7. The Morgan fingerprint density at radius 2 is 2.17 bits per heavy atom. The average Bonchev–Trinajstić information content (AvgIpc) is 2.04. The highest BCUT2D eigenvalue weighted by molar-refractivity contribution is 7.97. The second-order valence-electron chi connectivity index (χ2n) is 2.09. The van der Waals surface area contributed by atoms with Crippen molar-refractivity contribution in [3.8, 4) is 0 Å². The molecule has 1 rings (SSSR count). The van der Waals surface area contributed by atoms with E-state index >= 15 is 0 Å².